The summed E-state index contributed by atoms with van der Waals surface area (Å²) >= 11 is 0. The molecule has 1 fully saturated rings. The van der Waals surface area contributed by atoms with Crippen LogP contribution in [-0.2, 0) is 4.74 Å². The van der Waals surface area contributed by atoms with Gasteiger partial charge in [-0.25, -0.2) is 28.2 Å². The van der Waals surface area contributed by atoms with Crippen molar-refractivity contribution in [3.8, 4) is 5.69 Å². The van der Waals surface area contributed by atoms with Gasteiger partial charge in [-0.3, -0.25) is 0 Å². The van der Waals surface area contributed by atoms with Crippen LogP contribution in [0.3, 0.4) is 0 Å². The number of rotatable bonds is 4. The van der Waals surface area contributed by atoms with Crippen molar-refractivity contribution in [2.24, 2.45) is 0 Å². The fourth-order valence-corrected chi connectivity index (χ4v) is 3.84. The van der Waals surface area contributed by atoms with E-state index in [1.165, 1.54) is 23.1 Å². The molecule has 170 valence electrons. The highest BCUT2D eigenvalue weighted by molar-refractivity contribution is 5.87. The number of ether oxygens (including phenoxy) is 1. The minimum absolute atomic E-state index is 0.0671. The lowest BCUT2D eigenvalue weighted by Crippen LogP contribution is -2.42. The largest absolute Gasteiger partial charge is 0.444 e. The summed E-state index contributed by atoms with van der Waals surface area (Å²) in [6.45, 7) is 5.51. The van der Waals surface area contributed by atoms with E-state index in [1.807, 2.05) is 20.8 Å². The molecule has 10 heteroatoms. The van der Waals surface area contributed by atoms with Gasteiger partial charge < -0.3 is 15.4 Å². The lowest BCUT2D eigenvalue weighted by molar-refractivity contribution is 0.0492. The minimum atomic E-state index is -0.723. The number of hydrogen-bond donors (Lipinski definition) is 2. The van der Waals surface area contributed by atoms with Gasteiger partial charge in [-0.1, -0.05) is 0 Å². The summed E-state index contributed by atoms with van der Waals surface area (Å²) < 4.78 is 34.2. The fourth-order valence-electron chi connectivity index (χ4n) is 3.84. The van der Waals surface area contributed by atoms with Crippen molar-refractivity contribution >= 4 is 22.9 Å². The highest BCUT2D eigenvalue weighted by atomic mass is 19.1. The van der Waals surface area contributed by atoms with Crippen molar-refractivity contribution in [3.63, 3.8) is 0 Å². The Morgan fingerprint density at radius 3 is 2.53 bits per heavy atom. The molecule has 1 aliphatic rings. The van der Waals surface area contributed by atoms with E-state index >= 15 is 0 Å². The molecule has 1 aliphatic carbocycles. The summed E-state index contributed by atoms with van der Waals surface area (Å²) in [6, 6.07) is 3.54. The number of fused-ring (bicyclic) bond motifs is 1. The Hall–Kier alpha value is -3.30. The molecule has 2 heterocycles. The number of alkyl carbamates (subject to hydrolysis) is 1. The Morgan fingerprint density at radius 2 is 1.84 bits per heavy atom. The van der Waals surface area contributed by atoms with Crippen molar-refractivity contribution in [1.82, 2.24) is 25.1 Å². The maximum atomic E-state index is 14.2. The summed E-state index contributed by atoms with van der Waals surface area (Å²) in [7, 11) is 0. The molecule has 2 N–H and O–H groups in total. The maximum absolute atomic E-state index is 14.2. The number of anilines is 1. The predicted molar refractivity (Wildman–Crippen MR) is 116 cm³/mol. The SMILES string of the molecule is CC(C)(C)OC(=O)N[C@H]1CC[C@@H](Nc2ncnc3c2cnn3-c2ccc(F)cc2F)CC1. The number of aromatic nitrogens is 4. The van der Waals surface area contributed by atoms with Crippen LogP contribution in [0.4, 0.5) is 19.4 Å². The molecule has 0 atom stereocenters. The van der Waals surface area contributed by atoms with E-state index in [0.29, 0.717) is 16.9 Å². The number of amides is 1. The monoisotopic (exact) mass is 444 g/mol. The first kappa shape index (κ1) is 21.9. The summed E-state index contributed by atoms with van der Waals surface area (Å²) in [6.07, 6.45) is 5.86. The third-order valence-corrected chi connectivity index (χ3v) is 5.29. The third kappa shape index (κ3) is 4.95. The number of nitrogens with zero attached hydrogens (tertiary/aromatic N) is 4. The molecular formula is C22H26F2N6O2. The van der Waals surface area contributed by atoms with Crippen LogP contribution in [0.5, 0.6) is 0 Å². The van der Waals surface area contributed by atoms with Crippen molar-refractivity contribution in [3.05, 3.63) is 42.4 Å². The van der Waals surface area contributed by atoms with E-state index < -0.39 is 23.3 Å². The number of carbonyl (C=O) groups excluding carboxylic acids is 1. The zero-order valence-electron chi connectivity index (χ0n) is 18.2. The second-order valence-corrected chi connectivity index (χ2v) is 8.95. The van der Waals surface area contributed by atoms with Crippen LogP contribution in [0.15, 0.2) is 30.7 Å². The molecular weight excluding hydrogens is 418 g/mol. The Labute approximate surface area is 184 Å². The molecule has 3 aromatic rings. The highest BCUT2D eigenvalue weighted by Crippen LogP contribution is 2.27. The second kappa shape index (κ2) is 8.68. The normalized spacial score (nSPS) is 19.0. The van der Waals surface area contributed by atoms with Crippen molar-refractivity contribution in [2.75, 3.05) is 5.32 Å². The second-order valence-electron chi connectivity index (χ2n) is 8.95. The smallest absolute Gasteiger partial charge is 0.407 e. The molecule has 32 heavy (non-hydrogen) atoms. The van der Waals surface area contributed by atoms with Gasteiger partial charge in [0.15, 0.2) is 11.5 Å². The lowest BCUT2D eigenvalue weighted by atomic mass is 9.91. The summed E-state index contributed by atoms with van der Waals surface area (Å²) in [5, 5.41) is 11.2. The molecule has 0 saturated heterocycles. The quantitative estimate of drug-likeness (QED) is 0.622. The topological polar surface area (TPSA) is 94.0 Å². The first-order valence-electron chi connectivity index (χ1n) is 10.6. The first-order valence-corrected chi connectivity index (χ1v) is 10.6. The van der Waals surface area contributed by atoms with E-state index in [-0.39, 0.29) is 17.8 Å². The number of halogens is 2. The molecule has 0 bridgehead atoms. The van der Waals surface area contributed by atoms with E-state index in [2.05, 4.69) is 25.7 Å². The average molecular weight is 444 g/mol. The fraction of sp³-hybridized carbons (Fsp3) is 0.455. The number of carbonyl (C=O) groups is 1. The van der Waals surface area contributed by atoms with Crippen LogP contribution in [0.1, 0.15) is 46.5 Å². The summed E-state index contributed by atoms with van der Waals surface area (Å²) in [5.74, 6) is -0.775. The third-order valence-electron chi connectivity index (χ3n) is 5.29. The molecule has 0 aliphatic heterocycles. The van der Waals surface area contributed by atoms with Crippen LogP contribution >= 0.6 is 0 Å². The van der Waals surface area contributed by atoms with Crippen LogP contribution in [0.2, 0.25) is 0 Å². The zero-order chi connectivity index (χ0) is 22.9. The summed E-state index contributed by atoms with van der Waals surface area (Å²) in [4.78, 5) is 20.6. The molecule has 1 amide bonds. The van der Waals surface area contributed by atoms with Gasteiger partial charge in [0.1, 0.15) is 29.3 Å². The number of hydrogen-bond acceptors (Lipinski definition) is 6. The Bertz CT molecular complexity index is 1120. The van der Waals surface area contributed by atoms with Gasteiger partial charge in [0.05, 0.1) is 11.6 Å². The van der Waals surface area contributed by atoms with Crippen molar-refractivity contribution in [2.45, 2.75) is 64.1 Å². The zero-order valence-corrected chi connectivity index (χ0v) is 18.2. The molecule has 1 aromatic carbocycles. The van der Waals surface area contributed by atoms with Gasteiger partial charge in [-0.2, -0.15) is 5.10 Å². The van der Waals surface area contributed by atoms with Gasteiger partial charge >= 0.3 is 6.09 Å². The maximum Gasteiger partial charge on any atom is 0.407 e. The average Bonchev–Trinajstić information content (AvgIpc) is 3.13. The van der Waals surface area contributed by atoms with Gasteiger partial charge in [-0.05, 0) is 58.6 Å². The predicted octanol–water partition coefficient (Wildman–Crippen LogP) is 4.34. The minimum Gasteiger partial charge on any atom is -0.444 e. The van der Waals surface area contributed by atoms with E-state index in [1.54, 1.807) is 6.20 Å². The molecule has 0 radical (unpaired) electrons. The molecule has 4 rings (SSSR count). The number of benzene rings is 1. The van der Waals surface area contributed by atoms with Crippen LogP contribution < -0.4 is 10.6 Å². The van der Waals surface area contributed by atoms with Crippen molar-refractivity contribution in [1.29, 1.82) is 0 Å². The summed E-state index contributed by atoms with van der Waals surface area (Å²) in [5.41, 5.74) is 0.00994. The van der Waals surface area contributed by atoms with Gasteiger partial charge in [0, 0.05) is 18.2 Å². The number of nitrogens with one attached hydrogen (secondary N) is 2. The molecule has 0 spiro atoms. The Morgan fingerprint density at radius 1 is 1.12 bits per heavy atom. The van der Waals surface area contributed by atoms with Gasteiger partial charge in [0.2, 0.25) is 0 Å². The van der Waals surface area contributed by atoms with Gasteiger partial charge in [-0.15, -0.1) is 0 Å². The van der Waals surface area contributed by atoms with Gasteiger partial charge in [0.25, 0.3) is 0 Å². The van der Waals surface area contributed by atoms with Crippen LogP contribution in [0.25, 0.3) is 16.7 Å². The van der Waals surface area contributed by atoms with E-state index in [0.717, 1.165) is 31.7 Å². The van der Waals surface area contributed by atoms with Crippen LogP contribution in [-0.4, -0.2) is 43.5 Å². The lowest BCUT2D eigenvalue weighted by Gasteiger charge is -2.30. The Kier molecular flexibility index (Phi) is 5.94. The van der Waals surface area contributed by atoms with Crippen molar-refractivity contribution < 1.29 is 18.3 Å². The molecule has 8 nitrogen and oxygen atoms in total. The molecule has 2 aromatic heterocycles. The first-order chi connectivity index (χ1) is 15.2. The van der Waals surface area contributed by atoms with E-state index in [9.17, 15) is 13.6 Å². The Balaban J connectivity index is 1.43. The standard InChI is InChI=1S/C22H26F2N6O2/c1-22(2,3)32-21(31)29-15-7-5-14(6-8-15)28-19-16-11-27-30(20(16)26-12-25-19)18-9-4-13(23)10-17(18)24/h4,9-12,14-15H,5-8H2,1-3H3,(H,29,31)(H,25,26,28)/t14-,15+. The molecule has 0 unspecified atom stereocenters. The highest BCUT2D eigenvalue weighted by Gasteiger charge is 2.25. The van der Waals surface area contributed by atoms with Crippen LogP contribution in [0, 0.1) is 11.6 Å². The molecule has 1 saturated carbocycles. The van der Waals surface area contributed by atoms with E-state index in [4.69, 9.17) is 4.74 Å².